The Bertz CT molecular complexity index is 347. The lowest BCUT2D eigenvalue weighted by Crippen LogP contribution is -2.05. The number of hydrogen-bond acceptors (Lipinski definition) is 4. The number of carbonyl (C=O) groups is 1. The van der Waals surface area contributed by atoms with Crippen LogP contribution in [0.2, 0.25) is 0 Å². The Morgan fingerprint density at radius 1 is 1.54 bits per heavy atom. The van der Waals surface area contributed by atoms with Gasteiger partial charge in [-0.25, -0.2) is 4.79 Å². The van der Waals surface area contributed by atoms with E-state index in [9.17, 15) is 9.90 Å². The lowest BCUT2D eigenvalue weighted by atomic mass is 10.1. The van der Waals surface area contributed by atoms with Crippen LogP contribution in [0.3, 0.4) is 0 Å². The van der Waals surface area contributed by atoms with Crippen molar-refractivity contribution in [2.75, 3.05) is 12.8 Å². The first-order valence-corrected chi connectivity index (χ1v) is 3.74. The van der Waals surface area contributed by atoms with Gasteiger partial charge in [-0.3, -0.25) is 0 Å². The van der Waals surface area contributed by atoms with Crippen molar-refractivity contribution < 1.29 is 14.6 Å². The molecule has 0 spiro atoms. The molecule has 0 heterocycles. The second kappa shape index (κ2) is 3.35. The van der Waals surface area contributed by atoms with Crippen LogP contribution < -0.4 is 5.73 Å². The molecular formula is C9H11NO3. The van der Waals surface area contributed by atoms with E-state index in [-0.39, 0.29) is 17.0 Å². The lowest BCUT2D eigenvalue weighted by Gasteiger charge is -2.07. The van der Waals surface area contributed by atoms with Crippen LogP contribution in [0.15, 0.2) is 12.1 Å². The van der Waals surface area contributed by atoms with Gasteiger partial charge < -0.3 is 15.6 Å². The molecule has 3 N–H and O–H groups in total. The molecule has 13 heavy (non-hydrogen) atoms. The second-order valence-corrected chi connectivity index (χ2v) is 2.69. The Balaban J connectivity index is 3.33. The number of nitrogens with two attached hydrogens (primary N) is 1. The van der Waals surface area contributed by atoms with E-state index in [1.54, 1.807) is 13.0 Å². The van der Waals surface area contributed by atoms with E-state index >= 15 is 0 Å². The molecule has 0 saturated heterocycles. The molecular weight excluding hydrogens is 170 g/mol. The largest absolute Gasteiger partial charge is 0.505 e. The summed E-state index contributed by atoms with van der Waals surface area (Å²) in [6, 6.07) is 3.19. The number of anilines is 1. The third kappa shape index (κ3) is 1.56. The van der Waals surface area contributed by atoms with Crippen molar-refractivity contribution in [2.45, 2.75) is 6.92 Å². The molecule has 0 aliphatic carbocycles. The smallest absolute Gasteiger partial charge is 0.341 e. The first-order chi connectivity index (χ1) is 6.07. The number of carbonyl (C=O) groups excluding carboxylic acids is 1. The summed E-state index contributed by atoms with van der Waals surface area (Å²) >= 11 is 0. The van der Waals surface area contributed by atoms with Crippen LogP contribution in [0, 0.1) is 6.92 Å². The van der Waals surface area contributed by atoms with E-state index in [2.05, 4.69) is 4.74 Å². The molecule has 1 rings (SSSR count). The molecule has 0 amide bonds. The molecule has 0 aromatic heterocycles. The number of aromatic hydroxyl groups is 1. The average molecular weight is 181 g/mol. The van der Waals surface area contributed by atoms with Crippen molar-refractivity contribution in [3.05, 3.63) is 23.3 Å². The summed E-state index contributed by atoms with van der Waals surface area (Å²) in [5, 5.41) is 9.45. The minimum Gasteiger partial charge on any atom is -0.505 e. The van der Waals surface area contributed by atoms with Crippen molar-refractivity contribution in [3.63, 3.8) is 0 Å². The zero-order valence-electron chi connectivity index (χ0n) is 7.50. The molecule has 70 valence electrons. The number of aryl methyl sites for hydroxylation is 1. The summed E-state index contributed by atoms with van der Waals surface area (Å²) < 4.78 is 4.50. The standard InChI is InChI=1S/C9H11NO3/c1-5-3-4-6(10)8(11)7(5)9(12)13-2/h3-4,11H,10H2,1-2H3. The van der Waals surface area contributed by atoms with E-state index < -0.39 is 5.97 Å². The monoisotopic (exact) mass is 181 g/mol. The number of benzene rings is 1. The van der Waals surface area contributed by atoms with Gasteiger partial charge in [-0.05, 0) is 18.6 Å². The minimum atomic E-state index is -0.581. The molecule has 0 atom stereocenters. The van der Waals surface area contributed by atoms with Gasteiger partial charge in [-0.2, -0.15) is 0 Å². The van der Waals surface area contributed by atoms with Crippen LogP contribution in [0.25, 0.3) is 0 Å². The van der Waals surface area contributed by atoms with Gasteiger partial charge in [0.05, 0.1) is 12.8 Å². The van der Waals surface area contributed by atoms with Crippen LogP contribution in [0.4, 0.5) is 5.69 Å². The van der Waals surface area contributed by atoms with E-state index in [0.29, 0.717) is 5.56 Å². The summed E-state index contributed by atoms with van der Waals surface area (Å²) in [7, 11) is 1.25. The molecule has 0 saturated carbocycles. The number of rotatable bonds is 1. The summed E-state index contributed by atoms with van der Waals surface area (Å²) in [5.41, 5.74) is 6.36. The van der Waals surface area contributed by atoms with Crippen LogP contribution in [0.5, 0.6) is 5.75 Å². The van der Waals surface area contributed by atoms with Crippen LogP contribution in [-0.2, 0) is 4.74 Å². The number of nitrogen functional groups attached to an aromatic ring is 1. The van der Waals surface area contributed by atoms with Crippen molar-refractivity contribution in [1.29, 1.82) is 0 Å². The Kier molecular flexibility index (Phi) is 2.41. The SMILES string of the molecule is COC(=O)c1c(C)ccc(N)c1O. The van der Waals surface area contributed by atoms with Crippen molar-refractivity contribution >= 4 is 11.7 Å². The fourth-order valence-corrected chi connectivity index (χ4v) is 1.07. The highest BCUT2D eigenvalue weighted by Gasteiger charge is 2.16. The Hall–Kier alpha value is -1.71. The molecule has 0 unspecified atom stereocenters. The first kappa shape index (κ1) is 9.38. The second-order valence-electron chi connectivity index (χ2n) is 2.69. The van der Waals surface area contributed by atoms with E-state index in [0.717, 1.165) is 0 Å². The summed E-state index contributed by atoms with van der Waals surface area (Å²) in [6.45, 7) is 1.70. The van der Waals surface area contributed by atoms with E-state index in [4.69, 9.17) is 5.73 Å². The third-order valence-electron chi connectivity index (χ3n) is 1.81. The van der Waals surface area contributed by atoms with Gasteiger partial charge in [0.2, 0.25) is 0 Å². The Morgan fingerprint density at radius 3 is 2.69 bits per heavy atom. The zero-order chi connectivity index (χ0) is 10.0. The molecule has 0 aliphatic rings. The predicted octanol–water partition coefficient (Wildman–Crippen LogP) is 1.07. The third-order valence-corrected chi connectivity index (χ3v) is 1.81. The number of methoxy groups -OCH3 is 1. The molecule has 0 bridgehead atoms. The number of esters is 1. The predicted molar refractivity (Wildman–Crippen MR) is 48.6 cm³/mol. The van der Waals surface area contributed by atoms with E-state index in [1.807, 2.05) is 0 Å². The molecule has 4 heteroatoms. The highest BCUT2D eigenvalue weighted by molar-refractivity contribution is 5.95. The Labute approximate surface area is 75.9 Å². The van der Waals surface area contributed by atoms with Crippen molar-refractivity contribution in [1.82, 2.24) is 0 Å². The van der Waals surface area contributed by atoms with Gasteiger partial charge in [-0.15, -0.1) is 0 Å². The van der Waals surface area contributed by atoms with E-state index in [1.165, 1.54) is 13.2 Å². The fourth-order valence-electron chi connectivity index (χ4n) is 1.07. The number of phenolic OH excluding ortho intramolecular Hbond substituents is 1. The number of phenols is 1. The van der Waals surface area contributed by atoms with Gasteiger partial charge in [0.1, 0.15) is 5.56 Å². The van der Waals surface area contributed by atoms with Gasteiger partial charge >= 0.3 is 5.97 Å². The maximum Gasteiger partial charge on any atom is 0.341 e. The Morgan fingerprint density at radius 2 is 2.15 bits per heavy atom. The highest BCUT2D eigenvalue weighted by atomic mass is 16.5. The van der Waals surface area contributed by atoms with Crippen LogP contribution >= 0.6 is 0 Å². The number of hydrogen-bond donors (Lipinski definition) is 2. The highest BCUT2D eigenvalue weighted by Crippen LogP contribution is 2.27. The summed E-state index contributed by atoms with van der Waals surface area (Å²) in [6.07, 6.45) is 0. The zero-order valence-corrected chi connectivity index (χ0v) is 7.50. The number of ether oxygens (including phenoxy) is 1. The molecule has 0 aliphatic heterocycles. The maximum atomic E-state index is 11.2. The van der Waals surface area contributed by atoms with Crippen LogP contribution in [0.1, 0.15) is 15.9 Å². The summed E-state index contributed by atoms with van der Waals surface area (Å²) in [5.74, 6) is -0.797. The van der Waals surface area contributed by atoms with Gasteiger partial charge in [-0.1, -0.05) is 6.07 Å². The van der Waals surface area contributed by atoms with Crippen LogP contribution in [-0.4, -0.2) is 18.2 Å². The summed E-state index contributed by atoms with van der Waals surface area (Å²) in [4.78, 5) is 11.2. The molecule has 0 radical (unpaired) electrons. The van der Waals surface area contributed by atoms with Crippen molar-refractivity contribution in [3.8, 4) is 5.75 Å². The van der Waals surface area contributed by atoms with Gasteiger partial charge in [0, 0.05) is 0 Å². The van der Waals surface area contributed by atoms with Crippen molar-refractivity contribution in [2.24, 2.45) is 0 Å². The minimum absolute atomic E-state index is 0.127. The maximum absolute atomic E-state index is 11.2. The quantitative estimate of drug-likeness (QED) is 0.386. The average Bonchev–Trinajstić information content (AvgIpc) is 2.12. The fraction of sp³-hybridized carbons (Fsp3) is 0.222. The van der Waals surface area contributed by atoms with Gasteiger partial charge in [0.25, 0.3) is 0 Å². The van der Waals surface area contributed by atoms with Gasteiger partial charge in [0.15, 0.2) is 5.75 Å². The molecule has 4 nitrogen and oxygen atoms in total. The molecule has 1 aromatic rings. The normalized spacial score (nSPS) is 9.69. The topological polar surface area (TPSA) is 72.5 Å². The molecule has 1 aromatic carbocycles. The first-order valence-electron chi connectivity index (χ1n) is 3.74. The molecule has 0 fully saturated rings. The lowest BCUT2D eigenvalue weighted by molar-refractivity contribution is 0.0596.